The first-order valence-electron chi connectivity index (χ1n) is 9.07. The van der Waals surface area contributed by atoms with Gasteiger partial charge in [0.25, 0.3) is 15.9 Å². The normalized spacial score (nSPS) is 12.1. The summed E-state index contributed by atoms with van der Waals surface area (Å²) >= 11 is 5.79. The summed E-state index contributed by atoms with van der Waals surface area (Å²) in [4.78, 5) is 24.3. The van der Waals surface area contributed by atoms with Crippen LogP contribution < -0.4 is 10.0 Å². The van der Waals surface area contributed by atoms with Crippen LogP contribution in [0.2, 0.25) is 5.02 Å². The number of sulfonamides is 1. The maximum Gasteiger partial charge on any atom is 0.340 e. The first-order chi connectivity index (χ1) is 13.7. The molecule has 0 unspecified atom stereocenters. The van der Waals surface area contributed by atoms with Crippen LogP contribution in [0.25, 0.3) is 0 Å². The third-order valence-electron chi connectivity index (χ3n) is 3.98. The second-order valence-electron chi connectivity index (χ2n) is 6.44. The Hall–Kier alpha value is -2.58. The summed E-state index contributed by atoms with van der Waals surface area (Å²) in [5.74, 6) is -1.23. The number of ether oxygens (including phenoxy) is 1. The van der Waals surface area contributed by atoms with Crippen molar-refractivity contribution >= 4 is 39.2 Å². The number of halogens is 1. The summed E-state index contributed by atoms with van der Waals surface area (Å²) in [6.45, 7) is 3.42. The molecule has 2 aromatic rings. The molecule has 0 aliphatic rings. The summed E-state index contributed by atoms with van der Waals surface area (Å²) in [5.41, 5.74) is 0.0478. The Balaban J connectivity index is 2.09. The van der Waals surface area contributed by atoms with Gasteiger partial charge in [-0.3, -0.25) is 9.52 Å². The van der Waals surface area contributed by atoms with Crippen LogP contribution in [0, 0.1) is 0 Å². The highest BCUT2D eigenvalue weighted by atomic mass is 35.5. The van der Waals surface area contributed by atoms with E-state index in [1.54, 1.807) is 12.1 Å². The molecule has 0 bridgehead atoms. The van der Waals surface area contributed by atoms with Crippen molar-refractivity contribution in [2.24, 2.45) is 0 Å². The number of benzene rings is 2. The van der Waals surface area contributed by atoms with E-state index in [-0.39, 0.29) is 22.2 Å². The number of carbonyl (C=O) groups is 2. The third kappa shape index (κ3) is 6.76. The zero-order chi connectivity index (χ0) is 21.4. The Bertz CT molecular complexity index is 961. The molecule has 2 aromatic carbocycles. The van der Waals surface area contributed by atoms with Gasteiger partial charge in [0.2, 0.25) is 0 Å². The molecule has 0 heterocycles. The fourth-order valence-electron chi connectivity index (χ4n) is 2.60. The zero-order valence-electron chi connectivity index (χ0n) is 16.1. The van der Waals surface area contributed by atoms with Gasteiger partial charge >= 0.3 is 5.97 Å². The maximum absolute atomic E-state index is 12.6. The van der Waals surface area contributed by atoms with Crippen molar-refractivity contribution in [3.05, 3.63) is 59.1 Å². The van der Waals surface area contributed by atoms with E-state index in [9.17, 15) is 18.0 Å². The second kappa shape index (κ2) is 10.3. The Morgan fingerprint density at radius 2 is 1.76 bits per heavy atom. The van der Waals surface area contributed by atoms with E-state index < -0.39 is 28.5 Å². The molecule has 156 valence electrons. The van der Waals surface area contributed by atoms with Crippen molar-refractivity contribution in [1.29, 1.82) is 0 Å². The van der Waals surface area contributed by atoms with Gasteiger partial charge in [0, 0.05) is 11.1 Å². The number of hydrogen-bond donors (Lipinski definition) is 2. The van der Waals surface area contributed by atoms with E-state index in [1.165, 1.54) is 36.4 Å². The van der Waals surface area contributed by atoms with Gasteiger partial charge in [-0.05, 0) is 49.7 Å². The predicted molar refractivity (Wildman–Crippen MR) is 111 cm³/mol. The van der Waals surface area contributed by atoms with Crippen LogP contribution in [-0.4, -0.2) is 32.9 Å². The number of amides is 1. The van der Waals surface area contributed by atoms with E-state index in [4.69, 9.17) is 16.3 Å². The lowest BCUT2D eigenvalue weighted by Crippen LogP contribution is -2.35. The molecule has 0 spiro atoms. The molecule has 0 fully saturated rings. The van der Waals surface area contributed by atoms with Gasteiger partial charge in [-0.25, -0.2) is 13.2 Å². The Labute approximate surface area is 175 Å². The first kappa shape index (κ1) is 22.7. The van der Waals surface area contributed by atoms with Crippen LogP contribution >= 0.6 is 11.6 Å². The molecule has 0 aliphatic carbocycles. The van der Waals surface area contributed by atoms with Crippen molar-refractivity contribution in [3.8, 4) is 0 Å². The monoisotopic (exact) mass is 438 g/mol. The van der Waals surface area contributed by atoms with Crippen molar-refractivity contribution in [2.45, 2.75) is 37.6 Å². The van der Waals surface area contributed by atoms with Crippen LogP contribution in [-0.2, 0) is 19.6 Å². The molecule has 9 heteroatoms. The third-order valence-corrected chi connectivity index (χ3v) is 5.61. The molecule has 29 heavy (non-hydrogen) atoms. The highest BCUT2D eigenvalue weighted by Crippen LogP contribution is 2.22. The molecule has 2 rings (SSSR count). The van der Waals surface area contributed by atoms with Crippen molar-refractivity contribution < 1.29 is 22.7 Å². The summed E-state index contributed by atoms with van der Waals surface area (Å²) in [5, 5.41) is 3.13. The van der Waals surface area contributed by atoms with Crippen LogP contribution in [0.4, 0.5) is 5.69 Å². The lowest BCUT2D eigenvalue weighted by atomic mass is 10.2. The molecule has 0 radical (unpaired) electrons. The number of anilines is 1. The summed E-state index contributed by atoms with van der Waals surface area (Å²) in [7, 11) is -3.94. The number of rotatable bonds is 9. The minimum atomic E-state index is -3.94. The van der Waals surface area contributed by atoms with E-state index in [0.717, 1.165) is 12.8 Å². The average molecular weight is 439 g/mol. The Morgan fingerprint density at radius 1 is 1.10 bits per heavy atom. The van der Waals surface area contributed by atoms with Gasteiger partial charge in [0.1, 0.15) is 0 Å². The van der Waals surface area contributed by atoms with Gasteiger partial charge in [-0.15, -0.1) is 0 Å². The number of esters is 1. The SMILES string of the molecule is CCC[C@H](C)NC(=O)COC(=O)c1ccccc1NS(=O)(=O)c1ccc(Cl)cc1. The molecule has 7 nitrogen and oxygen atoms in total. The van der Waals surface area contributed by atoms with Gasteiger partial charge < -0.3 is 10.1 Å². The van der Waals surface area contributed by atoms with Crippen molar-refractivity contribution in [1.82, 2.24) is 5.32 Å². The number of nitrogens with one attached hydrogen (secondary N) is 2. The highest BCUT2D eigenvalue weighted by Gasteiger charge is 2.20. The Morgan fingerprint density at radius 3 is 2.41 bits per heavy atom. The van der Waals surface area contributed by atoms with Gasteiger partial charge in [0.05, 0.1) is 16.1 Å². The van der Waals surface area contributed by atoms with E-state index in [0.29, 0.717) is 5.02 Å². The lowest BCUT2D eigenvalue weighted by molar-refractivity contribution is -0.124. The molecule has 0 aromatic heterocycles. The van der Waals surface area contributed by atoms with Gasteiger partial charge in [-0.1, -0.05) is 37.1 Å². The summed E-state index contributed by atoms with van der Waals surface area (Å²) in [6.07, 6.45) is 1.73. The van der Waals surface area contributed by atoms with Crippen LogP contribution in [0.5, 0.6) is 0 Å². The number of para-hydroxylation sites is 1. The standard InChI is InChI=1S/C20H23ClN2O5S/c1-3-6-14(2)22-19(24)13-28-20(25)17-7-4-5-8-18(17)23-29(26,27)16-11-9-15(21)10-12-16/h4-5,7-12,14,23H,3,6,13H2,1-2H3,(H,22,24)/t14-/m0/s1. The van der Waals surface area contributed by atoms with Gasteiger partial charge in [0.15, 0.2) is 6.61 Å². The number of hydrogen-bond acceptors (Lipinski definition) is 5. The lowest BCUT2D eigenvalue weighted by Gasteiger charge is -2.14. The minimum Gasteiger partial charge on any atom is -0.452 e. The average Bonchev–Trinajstić information content (AvgIpc) is 2.66. The number of carbonyl (C=O) groups excluding carboxylic acids is 2. The molecular weight excluding hydrogens is 416 g/mol. The molecule has 1 atom stereocenters. The molecule has 0 saturated carbocycles. The second-order valence-corrected chi connectivity index (χ2v) is 8.56. The molecular formula is C20H23ClN2O5S. The van der Waals surface area contributed by atoms with Crippen LogP contribution in [0.15, 0.2) is 53.4 Å². The van der Waals surface area contributed by atoms with E-state index >= 15 is 0 Å². The smallest absolute Gasteiger partial charge is 0.340 e. The fraction of sp³-hybridized carbons (Fsp3) is 0.300. The molecule has 2 N–H and O–H groups in total. The van der Waals surface area contributed by atoms with Crippen molar-refractivity contribution in [3.63, 3.8) is 0 Å². The molecule has 0 saturated heterocycles. The van der Waals surface area contributed by atoms with E-state index in [1.807, 2.05) is 13.8 Å². The van der Waals surface area contributed by atoms with Gasteiger partial charge in [-0.2, -0.15) is 0 Å². The summed E-state index contributed by atoms with van der Waals surface area (Å²) in [6, 6.07) is 11.6. The zero-order valence-corrected chi connectivity index (χ0v) is 17.7. The topological polar surface area (TPSA) is 102 Å². The first-order valence-corrected chi connectivity index (χ1v) is 10.9. The fourth-order valence-corrected chi connectivity index (χ4v) is 3.80. The predicted octanol–water partition coefficient (Wildman–Crippen LogP) is 3.60. The van der Waals surface area contributed by atoms with Crippen molar-refractivity contribution in [2.75, 3.05) is 11.3 Å². The minimum absolute atomic E-state index is 0.000514. The van der Waals surface area contributed by atoms with Crippen LogP contribution in [0.1, 0.15) is 37.0 Å². The van der Waals surface area contributed by atoms with Crippen LogP contribution in [0.3, 0.4) is 0 Å². The van der Waals surface area contributed by atoms with E-state index in [2.05, 4.69) is 10.0 Å². The molecule has 0 aliphatic heterocycles. The highest BCUT2D eigenvalue weighted by molar-refractivity contribution is 7.92. The maximum atomic E-state index is 12.6. The quantitative estimate of drug-likeness (QED) is 0.582. The summed E-state index contributed by atoms with van der Waals surface area (Å²) < 4.78 is 32.5. The largest absolute Gasteiger partial charge is 0.452 e. The molecule has 1 amide bonds. The Kier molecular flexibility index (Phi) is 8.04.